The fourth-order valence-electron chi connectivity index (χ4n) is 2.44. The summed E-state index contributed by atoms with van der Waals surface area (Å²) < 4.78 is 2.13. The van der Waals surface area contributed by atoms with Gasteiger partial charge in [-0.1, -0.05) is 24.3 Å². The smallest absolute Gasteiger partial charge is 0.183 e. The quantitative estimate of drug-likeness (QED) is 0.692. The Hall–Kier alpha value is -2.58. The van der Waals surface area contributed by atoms with Gasteiger partial charge in [-0.25, -0.2) is 4.98 Å². The predicted octanol–water partition coefficient (Wildman–Crippen LogP) is 4.28. The molecule has 0 radical (unpaired) electrons. The maximum Gasteiger partial charge on any atom is 0.183 e. The molecule has 0 aliphatic heterocycles. The van der Waals surface area contributed by atoms with E-state index in [0.717, 1.165) is 21.9 Å². The molecule has 110 valence electrons. The van der Waals surface area contributed by atoms with Gasteiger partial charge in [-0.3, -0.25) is 0 Å². The van der Waals surface area contributed by atoms with Crippen molar-refractivity contribution in [3.8, 4) is 17.3 Å². The van der Waals surface area contributed by atoms with Crippen molar-refractivity contribution in [3.05, 3.63) is 48.5 Å². The lowest BCUT2D eigenvalue weighted by molar-refractivity contribution is 0.745. The average molecular weight is 308 g/mol. The Labute approximate surface area is 133 Å². The summed E-state index contributed by atoms with van der Waals surface area (Å²) in [4.78, 5) is 4.64. The van der Waals surface area contributed by atoms with Gasteiger partial charge in [0.1, 0.15) is 0 Å². The molecule has 1 aromatic carbocycles. The molecule has 2 aromatic heterocycles. The van der Waals surface area contributed by atoms with Gasteiger partial charge in [-0.2, -0.15) is 5.26 Å². The van der Waals surface area contributed by atoms with E-state index in [1.54, 1.807) is 11.3 Å². The zero-order valence-corrected chi connectivity index (χ0v) is 12.9. The minimum absolute atomic E-state index is 0.501. The van der Waals surface area contributed by atoms with Gasteiger partial charge in [-0.15, -0.1) is 17.9 Å². The number of rotatable bonds is 6. The van der Waals surface area contributed by atoms with Crippen molar-refractivity contribution in [2.24, 2.45) is 0 Å². The van der Waals surface area contributed by atoms with E-state index in [9.17, 15) is 0 Å². The Kier molecular flexibility index (Phi) is 4.22. The first-order chi connectivity index (χ1) is 10.8. The molecule has 3 rings (SSSR count). The number of nitriles is 1. The molecular formula is C17H16N4S. The SMILES string of the molecule is C=CCNc1nc(-c2cn(CCC#N)c3ccccc23)cs1. The summed E-state index contributed by atoms with van der Waals surface area (Å²) in [5.74, 6) is 0. The van der Waals surface area contributed by atoms with Crippen molar-refractivity contribution < 1.29 is 0 Å². The normalized spacial score (nSPS) is 10.5. The van der Waals surface area contributed by atoms with Gasteiger partial charge in [0.2, 0.25) is 0 Å². The Morgan fingerprint density at radius 1 is 1.41 bits per heavy atom. The van der Waals surface area contributed by atoms with Crippen LogP contribution in [0.3, 0.4) is 0 Å². The maximum absolute atomic E-state index is 8.82. The third-order valence-corrected chi connectivity index (χ3v) is 4.23. The lowest BCUT2D eigenvalue weighted by Crippen LogP contribution is -1.96. The molecule has 1 N–H and O–H groups in total. The van der Waals surface area contributed by atoms with Crippen LogP contribution in [0.5, 0.6) is 0 Å². The summed E-state index contributed by atoms with van der Waals surface area (Å²) >= 11 is 1.59. The second kappa shape index (κ2) is 6.46. The molecule has 3 aromatic rings. The minimum atomic E-state index is 0.501. The van der Waals surface area contributed by atoms with Crippen molar-refractivity contribution in [1.82, 2.24) is 9.55 Å². The van der Waals surface area contributed by atoms with Crippen molar-refractivity contribution in [2.75, 3.05) is 11.9 Å². The summed E-state index contributed by atoms with van der Waals surface area (Å²) in [5.41, 5.74) is 3.21. The summed E-state index contributed by atoms with van der Waals surface area (Å²) in [6.45, 7) is 5.10. The zero-order valence-electron chi connectivity index (χ0n) is 12.1. The number of nitrogens with zero attached hydrogens (tertiary/aromatic N) is 3. The molecule has 0 aliphatic rings. The summed E-state index contributed by atoms with van der Waals surface area (Å²) in [7, 11) is 0. The first-order valence-corrected chi connectivity index (χ1v) is 7.97. The van der Waals surface area contributed by atoms with Gasteiger partial charge in [0.15, 0.2) is 5.13 Å². The molecule has 0 fully saturated rings. The van der Waals surface area contributed by atoms with Gasteiger partial charge >= 0.3 is 0 Å². The molecule has 0 saturated carbocycles. The highest BCUT2D eigenvalue weighted by Crippen LogP contribution is 2.32. The topological polar surface area (TPSA) is 53.6 Å². The maximum atomic E-state index is 8.82. The van der Waals surface area contributed by atoms with Gasteiger partial charge < -0.3 is 9.88 Å². The molecule has 0 amide bonds. The van der Waals surface area contributed by atoms with Gasteiger partial charge in [0.25, 0.3) is 0 Å². The summed E-state index contributed by atoms with van der Waals surface area (Å²) in [6.07, 6.45) is 4.41. The third-order valence-electron chi connectivity index (χ3n) is 3.43. The van der Waals surface area contributed by atoms with Crippen LogP contribution in [0.25, 0.3) is 22.2 Å². The summed E-state index contributed by atoms with van der Waals surface area (Å²) in [5, 5.41) is 16.1. The van der Waals surface area contributed by atoms with Crippen LogP contribution in [0, 0.1) is 11.3 Å². The van der Waals surface area contributed by atoms with E-state index in [2.05, 4.69) is 51.2 Å². The molecule has 5 heteroatoms. The molecule has 0 spiro atoms. The van der Waals surface area contributed by atoms with Crippen LogP contribution in [-0.4, -0.2) is 16.1 Å². The Morgan fingerprint density at radius 2 is 2.27 bits per heavy atom. The average Bonchev–Trinajstić information content (AvgIpc) is 3.15. The highest BCUT2D eigenvalue weighted by molar-refractivity contribution is 7.14. The van der Waals surface area contributed by atoms with Crippen molar-refractivity contribution in [2.45, 2.75) is 13.0 Å². The highest BCUT2D eigenvalue weighted by Gasteiger charge is 2.12. The molecular weight excluding hydrogens is 292 g/mol. The molecule has 0 atom stereocenters. The van der Waals surface area contributed by atoms with Crippen LogP contribution >= 0.6 is 11.3 Å². The number of fused-ring (bicyclic) bond motifs is 1. The number of hydrogen-bond donors (Lipinski definition) is 1. The Morgan fingerprint density at radius 3 is 3.09 bits per heavy atom. The molecule has 2 heterocycles. The first-order valence-electron chi connectivity index (χ1n) is 7.09. The number of benzene rings is 1. The van der Waals surface area contributed by atoms with E-state index in [-0.39, 0.29) is 0 Å². The van der Waals surface area contributed by atoms with Crippen LogP contribution in [0.1, 0.15) is 6.42 Å². The standard InChI is InChI=1S/C17H16N4S/c1-2-9-19-17-20-15(12-22-17)14-11-21(10-5-8-18)16-7-4-3-6-13(14)16/h2-4,6-7,11-12H,1,5,9-10H2,(H,19,20). The Bertz CT molecular complexity index is 838. The van der Waals surface area contributed by atoms with Crippen LogP contribution in [-0.2, 0) is 6.54 Å². The van der Waals surface area contributed by atoms with E-state index >= 15 is 0 Å². The van der Waals surface area contributed by atoms with Crippen molar-refractivity contribution >= 4 is 27.4 Å². The highest BCUT2D eigenvalue weighted by atomic mass is 32.1. The van der Waals surface area contributed by atoms with Gasteiger partial charge in [-0.05, 0) is 6.07 Å². The first kappa shape index (κ1) is 14.4. The molecule has 0 saturated heterocycles. The van der Waals surface area contributed by atoms with E-state index in [1.807, 2.05) is 18.2 Å². The molecule has 22 heavy (non-hydrogen) atoms. The number of hydrogen-bond acceptors (Lipinski definition) is 4. The molecule has 4 nitrogen and oxygen atoms in total. The number of thiazole rings is 1. The summed E-state index contributed by atoms with van der Waals surface area (Å²) in [6, 6.07) is 10.4. The second-order valence-electron chi connectivity index (χ2n) is 4.87. The van der Waals surface area contributed by atoms with Crippen molar-refractivity contribution in [1.29, 1.82) is 5.26 Å². The number of nitrogens with one attached hydrogen (secondary N) is 1. The minimum Gasteiger partial charge on any atom is -0.358 e. The monoisotopic (exact) mass is 308 g/mol. The molecule has 0 bridgehead atoms. The van der Waals surface area contributed by atoms with Crippen LogP contribution < -0.4 is 5.32 Å². The van der Waals surface area contributed by atoms with E-state index in [0.29, 0.717) is 19.5 Å². The third kappa shape index (κ3) is 2.74. The van der Waals surface area contributed by atoms with Gasteiger partial charge in [0, 0.05) is 41.1 Å². The Balaban J connectivity index is 2.01. The van der Waals surface area contributed by atoms with Crippen LogP contribution in [0.4, 0.5) is 5.13 Å². The second-order valence-corrected chi connectivity index (χ2v) is 5.73. The van der Waals surface area contributed by atoms with Crippen LogP contribution in [0.2, 0.25) is 0 Å². The number of para-hydroxylation sites is 1. The number of aromatic nitrogens is 2. The van der Waals surface area contributed by atoms with E-state index in [4.69, 9.17) is 5.26 Å². The lowest BCUT2D eigenvalue weighted by Gasteiger charge is -2.00. The number of aryl methyl sites for hydroxylation is 1. The van der Waals surface area contributed by atoms with Gasteiger partial charge in [0.05, 0.1) is 18.2 Å². The van der Waals surface area contributed by atoms with Crippen molar-refractivity contribution in [3.63, 3.8) is 0 Å². The van der Waals surface area contributed by atoms with Crippen LogP contribution in [0.15, 0.2) is 48.5 Å². The lowest BCUT2D eigenvalue weighted by atomic mass is 10.1. The van der Waals surface area contributed by atoms with E-state index < -0.39 is 0 Å². The molecule has 0 unspecified atom stereocenters. The fraction of sp³-hybridized carbons (Fsp3) is 0.176. The predicted molar refractivity (Wildman–Crippen MR) is 92.0 cm³/mol. The van der Waals surface area contributed by atoms with E-state index in [1.165, 1.54) is 5.39 Å². The zero-order chi connectivity index (χ0) is 15.4. The largest absolute Gasteiger partial charge is 0.358 e. The number of anilines is 1. The molecule has 0 aliphatic carbocycles. The fourth-order valence-corrected chi connectivity index (χ4v) is 3.17.